The molecule has 0 spiro atoms. The summed E-state index contributed by atoms with van der Waals surface area (Å²) < 4.78 is 18.6. The largest absolute Gasteiger partial charge is 0.494 e. The van der Waals surface area contributed by atoms with Crippen LogP contribution in [0.2, 0.25) is 0 Å². The zero-order valence-electron chi connectivity index (χ0n) is 12.4. The third kappa shape index (κ3) is 4.07. The summed E-state index contributed by atoms with van der Waals surface area (Å²) in [6.45, 7) is 3.01. The first-order valence-corrected chi connectivity index (χ1v) is 7.45. The fourth-order valence-corrected chi connectivity index (χ4v) is 2.65. The second kappa shape index (κ2) is 7.44. The molecule has 0 saturated heterocycles. The summed E-state index contributed by atoms with van der Waals surface area (Å²) in [4.78, 5) is 0. The molecule has 0 bridgehead atoms. The highest BCUT2D eigenvalue weighted by atomic mass is 19.1. The number of allylic oxidation sites excluding steroid dienone is 1. The molecule has 0 amide bonds. The van der Waals surface area contributed by atoms with Crippen molar-refractivity contribution in [3.8, 4) is 5.75 Å². The van der Waals surface area contributed by atoms with E-state index in [9.17, 15) is 4.39 Å². The van der Waals surface area contributed by atoms with Crippen LogP contribution in [0.5, 0.6) is 5.75 Å². The van der Waals surface area contributed by atoms with Gasteiger partial charge in [0.15, 0.2) is 11.6 Å². The average Bonchev–Trinajstić information content (AvgIpc) is 2.48. The van der Waals surface area contributed by atoms with Crippen molar-refractivity contribution in [1.29, 1.82) is 0 Å². The summed E-state index contributed by atoms with van der Waals surface area (Å²) in [5, 5.41) is 3.46. The van der Waals surface area contributed by atoms with E-state index in [0.717, 1.165) is 18.5 Å². The van der Waals surface area contributed by atoms with Gasteiger partial charge in [-0.1, -0.05) is 17.7 Å². The van der Waals surface area contributed by atoms with Crippen molar-refractivity contribution >= 4 is 0 Å². The Morgan fingerprint density at radius 3 is 2.85 bits per heavy atom. The lowest BCUT2D eigenvalue weighted by atomic mass is 9.97. The smallest absolute Gasteiger partial charge is 0.165 e. The average molecular weight is 277 g/mol. The first kappa shape index (κ1) is 15.0. The minimum absolute atomic E-state index is 0.152. The molecule has 1 N–H and O–H groups in total. The molecular weight excluding hydrogens is 253 g/mol. The highest BCUT2D eigenvalue weighted by molar-refractivity contribution is 5.30. The minimum Gasteiger partial charge on any atom is -0.494 e. The van der Waals surface area contributed by atoms with Gasteiger partial charge in [-0.25, -0.2) is 4.39 Å². The van der Waals surface area contributed by atoms with Crippen LogP contribution in [0, 0.1) is 5.82 Å². The number of halogens is 1. The van der Waals surface area contributed by atoms with Gasteiger partial charge in [0, 0.05) is 6.04 Å². The van der Waals surface area contributed by atoms with Crippen molar-refractivity contribution < 1.29 is 9.13 Å². The van der Waals surface area contributed by atoms with E-state index in [0.29, 0.717) is 5.75 Å². The summed E-state index contributed by atoms with van der Waals surface area (Å²) in [5.41, 5.74) is 2.53. The molecule has 0 radical (unpaired) electrons. The Labute approximate surface area is 121 Å². The van der Waals surface area contributed by atoms with Crippen molar-refractivity contribution in [2.75, 3.05) is 13.7 Å². The maximum Gasteiger partial charge on any atom is 0.165 e. The van der Waals surface area contributed by atoms with Crippen molar-refractivity contribution in [2.24, 2.45) is 0 Å². The molecule has 3 heteroatoms. The van der Waals surface area contributed by atoms with Crippen LogP contribution in [0.15, 0.2) is 29.8 Å². The van der Waals surface area contributed by atoms with Gasteiger partial charge < -0.3 is 10.1 Å². The van der Waals surface area contributed by atoms with Gasteiger partial charge >= 0.3 is 0 Å². The van der Waals surface area contributed by atoms with Gasteiger partial charge in [-0.15, -0.1) is 0 Å². The maximum absolute atomic E-state index is 13.7. The lowest BCUT2D eigenvalue weighted by Gasteiger charge is -2.17. The molecule has 2 nitrogen and oxygen atoms in total. The Hall–Kier alpha value is -1.35. The van der Waals surface area contributed by atoms with E-state index < -0.39 is 0 Å². The standard InChI is InChI=1S/C17H24FNO/c1-13(15-8-9-17(20-2)16(18)12-15)19-11-10-14-6-4-3-5-7-14/h6,8-9,12-13,19H,3-5,7,10-11H2,1-2H3. The van der Waals surface area contributed by atoms with E-state index >= 15 is 0 Å². The van der Waals surface area contributed by atoms with Crippen molar-refractivity contribution in [3.05, 3.63) is 41.2 Å². The van der Waals surface area contributed by atoms with E-state index in [4.69, 9.17) is 4.74 Å². The van der Waals surface area contributed by atoms with E-state index in [1.165, 1.54) is 32.8 Å². The zero-order valence-corrected chi connectivity index (χ0v) is 12.4. The molecular formula is C17H24FNO. The zero-order chi connectivity index (χ0) is 14.4. The molecule has 1 aromatic rings. The van der Waals surface area contributed by atoms with Gasteiger partial charge in [0.2, 0.25) is 0 Å². The third-order valence-corrected chi connectivity index (χ3v) is 3.96. The molecule has 0 fully saturated rings. The van der Waals surface area contributed by atoms with Gasteiger partial charge in [-0.3, -0.25) is 0 Å². The highest BCUT2D eigenvalue weighted by Gasteiger charge is 2.10. The molecule has 0 aromatic heterocycles. The summed E-state index contributed by atoms with van der Waals surface area (Å²) in [6, 6.07) is 5.31. The fraction of sp³-hybridized carbons (Fsp3) is 0.529. The second-order valence-corrected chi connectivity index (χ2v) is 5.43. The van der Waals surface area contributed by atoms with Crippen molar-refractivity contribution in [2.45, 2.75) is 45.1 Å². The maximum atomic E-state index is 13.7. The quantitative estimate of drug-likeness (QED) is 0.779. The number of benzene rings is 1. The van der Waals surface area contributed by atoms with Crippen LogP contribution in [-0.2, 0) is 0 Å². The molecule has 2 rings (SSSR count). The normalized spacial score (nSPS) is 16.6. The van der Waals surface area contributed by atoms with E-state index in [1.807, 2.05) is 6.07 Å². The number of ether oxygens (including phenoxy) is 1. The van der Waals surface area contributed by atoms with E-state index in [1.54, 1.807) is 17.7 Å². The molecule has 1 aliphatic rings. The lowest BCUT2D eigenvalue weighted by Crippen LogP contribution is -2.20. The van der Waals surface area contributed by atoms with Crippen LogP contribution in [0.4, 0.5) is 4.39 Å². The summed E-state index contributed by atoms with van der Waals surface area (Å²) in [6.07, 6.45) is 8.61. The Bertz CT molecular complexity index is 470. The number of nitrogens with one attached hydrogen (secondary N) is 1. The first-order valence-electron chi connectivity index (χ1n) is 7.45. The molecule has 0 aliphatic heterocycles. The monoisotopic (exact) mass is 277 g/mol. The van der Waals surface area contributed by atoms with Crippen LogP contribution in [0.3, 0.4) is 0 Å². The highest BCUT2D eigenvalue weighted by Crippen LogP contribution is 2.23. The van der Waals surface area contributed by atoms with Crippen molar-refractivity contribution in [3.63, 3.8) is 0 Å². The van der Waals surface area contributed by atoms with Gasteiger partial charge in [0.1, 0.15) is 0 Å². The molecule has 20 heavy (non-hydrogen) atoms. The van der Waals surface area contributed by atoms with Gasteiger partial charge in [0.25, 0.3) is 0 Å². The number of hydrogen-bond acceptors (Lipinski definition) is 2. The van der Waals surface area contributed by atoms with Gasteiger partial charge in [-0.2, -0.15) is 0 Å². The fourth-order valence-electron chi connectivity index (χ4n) is 2.65. The molecule has 0 saturated carbocycles. The predicted molar refractivity (Wildman–Crippen MR) is 80.5 cm³/mol. The predicted octanol–water partition coefficient (Wildman–Crippen LogP) is 4.38. The Morgan fingerprint density at radius 2 is 2.20 bits per heavy atom. The molecule has 1 aliphatic carbocycles. The summed E-state index contributed by atoms with van der Waals surface area (Å²) in [7, 11) is 1.48. The first-order chi connectivity index (χ1) is 9.70. The summed E-state index contributed by atoms with van der Waals surface area (Å²) in [5.74, 6) is 0.00181. The van der Waals surface area contributed by atoms with Gasteiger partial charge in [-0.05, 0) is 63.3 Å². The molecule has 1 atom stereocenters. The topological polar surface area (TPSA) is 21.3 Å². The summed E-state index contributed by atoms with van der Waals surface area (Å²) >= 11 is 0. The van der Waals surface area contributed by atoms with Gasteiger partial charge in [0.05, 0.1) is 7.11 Å². The van der Waals surface area contributed by atoms with Crippen LogP contribution in [0.1, 0.15) is 50.6 Å². The number of hydrogen-bond donors (Lipinski definition) is 1. The van der Waals surface area contributed by atoms with E-state index in [2.05, 4.69) is 18.3 Å². The third-order valence-electron chi connectivity index (χ3n) is 3.96. The number of rotatable bonds is 6. The van der Waals surface area contributed by atoms with Crippen LogP contribution >= 0.6 is 0 Å². The lowest BCUT2D eigenvalue weighted by molar-refractivity contribution is 0.385. The molecule has 0 heterocycles. The van der Waals surface area contributed by atoms with Crippen molar-refractivity contribution in [1.82, 2.24) is 5.32 Å². The Morgan fingerprint density at radius 1 is 1.35 bits per heavy atom. The molecule has 1 aromatic carbocycles. The Kier molecular flexibility index (Phi) is 5.60. The minimum atomic E-state index is -0.298. The molecule has 1 unspecified atom stereocenters. The second-order valence-electron chi connectivity index (χ2n) is 5.43. The van der Waals surface area contributed by atoms with Crippen LogP contribution in [0.25, 0.3) is 0 Å². The van der Waals surface area contributed by atoms with E-state index in [-0.39, 0.29) is 11.9 Å². The van der Waals surface area contributed by atoms with Crippen LogP contribution in [-0.4, -0.2) is 13.7 Å². The number of methoxy groups -OCH3 is 1. The molecule has 110 valence electrons. The SMILES string of the molecule is COc1ccc(C(C)NCCC2=CCCCC2)cc1F. The Balaban J connectivity index is 1.83. The van der Waals surface area contributed by atoms with Crippen LogP contribution < -0.4 is 10.1 Å².